The second-order valence-corrected chi connectivity index (χ2v) is 4.61. The molecule has 0 saturated carbocycles. The molecule has 0 saturated heterocycles. The van der Waals surface area contributed by atoms with Crippen molar-refractivity contribution >= 4 is 5.96 Å². The van der Waals surface area contributed by atoms with Gasteiger partial charge in [0, 0.05) is 20.7 Å². The number of nitrogens with zero attached hydrogens (tertiary/aromatic N) is 1. The van der Waals surface area contributed by atoms with Crippen LogP contribution in [0.2, 0.25) is 0 Å². The number of guanidine groups is 1. The van der Waals surface area contributed by atoms with E-state index in [-0.39, 0.29) is 6.10 Å². The highest BCUT2D eigenvalue weighted by Gasteiger charge is 2.05. The molecule has 1 atom stereocenters. The second kappa shape index (κ2) is 9.20. The van der Waals surface area contributed by atoms with Gasteiger partial charge in [-0.1, -0.05) is 17.7 Å². The molecule has 0 bridgehead atoms. The first kappa shape index (κ1) is 16.3. The van der Waals surface area contributed by atoms with Gasteiger partial charge in [-0.15, -0.1) is 0 Å². The summed E-state index contributed by atoms with van der Waals surface area (Å²) < 4.78 is 10.8. The van der Waals surface area contributed by atoms with Gasteiger partial charge < -0.3 is 20.1 Å². The van der Waals surface area contributed by atoms with Gasteiger partial charge >= 0.3 is 0 Å². The zero-order valence-electron chi connectivity index (χ0n) is 12.8. The van der Waals surface area contributed by atoms with E-state index in [1.54, 1.807) is 14.2 Å². The predicted molar refractivity (Wildman–Crippen MR) is 82.5 cm³/mol. The van der Waals surface area contributed by atoms with Crippen molar-refractivity contribution in [2.24, 2.45) is 4.99 Å². The molecule has 5 nitrogen and oxygen atoms in total. The third-order valence-electron chi connectivity index (χ3n) is 2.74. The van der Waals surface area contributed by atoms with Crippen molar-refractivity contribution in [2.45, 2.75) is 20.0 Å². The van der Waals surface area contributed by atoms with Crippen LogP contribution in [-0.4, -0.2) is 45.9 Å². The molecule has 0 aromatic heterocycles. The van der Waals surface area contributed by atoms with Crippen LogP contribution in [0, 0.1) is 6.92 Å². The number of hydrogen-bond acceptors (Lipinski definition) is 3. The first-order chi connectivity index (χ1) is 9.65. The summed E-state index contributed by atoms with van der Waals surface area (Å²) in [6.45, 7) is 6.14. The fraction of sp³-hybridized carbons (Fsp3) is 0.533. The van der Waals surface area contributed by atoms with E-state index in [1.165, 1.54) is 5.56 Å². The summed E-state index contributed by atoms with van der Waals surface area (Å²) in [6, 6.07) is 8.05. The van der Waals surface area contributed by atoms with Crippen LogP contribution in [-0.2, 0) is 4.74 Å². The Balaban J connectivity index is 2.31. The Labute approximate surface area is 121 Å². The number of rotatable bonds is 7. The van der Waals surface area contributed by atoms with E-state index in [4.69, 9.17) is 9.47 Å². The molecule has 0 aliphatic rings. The first-order valence-corrected chi connectivity index (χ1v) is 6.82. The van der Waals surface area contributed by atoms with E-state index >= 15 is 0 Å². The van der Waals surface area contributed by atoms with Crippen LogP contribution in [0.4, 0.5) is 0 Å². The lowest BCUT2D eigenvalue weighted by Gasteiger charge is -2.17. The van der Waals surface area contributed by atoms with Crippen LogP contribution in [0.1, 0.15) is 12.5 Å². The fourth-order valence-electron chi connectivity index (χ4n) is 1.62. The molecule has 20 heavy (non-hydrogen) atoms. The van der Waals surface area contributed by atoms with Crippen LogP contribution >= 0.6 is 0 Å². The van der Waals surface area contributed by atoms with Gasteiger partial charge in [-0.3, -0.25) is 4.99 Å². The van der Waals surface area contributed by atoms with E-state index in [9.17, 15) is 0 Å². The lowest BCUT2D eigenvalue weighted by molar-refractivity contribution is 0.203. The molecule has 0 aliphatic carbocycles. The Morgan fingerprint density at radius 3 is 2.55 bits per heavy atom. The summed E-state index contributed by atoms with van der Waals surface area (Å²) in [7, 11) is 3.42. The molecule has 0 fully saturated rings. The number of benzene rings is 1. The fourth-order valence-corrected chi connectivity index (χ4v) is 1.62. The molecule has 0 amide bonds. The number of hydrogen-bond donors (Lipinski definition) is 2. The Kier molecular flexibility index (Phi) is 7.50. The summed E-state index contributed by atoms with van der Waals surface area (Å²) in [4.78, 5) is 4.13. The maximum absolute atomic E-state index is 5.82. The zero-order chi connectivity index (χ0) is 14.8. The maximum atomic E-state index is 5.82. The summed E-state index contributed by atoms with van der Waals surface area (Å²) in [6.07, 6.45) is 0.0543. The van der Waals surface area contributed by atoms with Gasteiger partial charge in [0.05, 0.1) is 13.2 Å². The highest BCUT2D eigenvalue weighted by molar-refractivity contribution is 5.79. The SMILES string of the molecule is CN=C(NCCOC)NCC(C)Oc1ccc(C)cc1. The topological polar surface area (TPSA) is 54.9 Å². The highest BCUT2D eigenvalue weighted by Crippen LogP contribution is 2.12. The highest BCUT2D eigenvalue weighted by atomic mass is 16.5. The molecule has 1 aromatic carbocycles. The van der Waals surface area contributed by atoms with Crippen LogP contribution in [0.25, 0.3) is 0 Å². The van der Waals surface area contributed by atoms with Crippen LogP contribution in [0.3, 0.4) is 0 Å². The Bertz CT molecular complexity index is 404. The van der Waals surface area contributed by atoms with Gasteiger partial charge in [0.25, 0.3) is 0 Å². The van der Waals surface area contributed by atoms with Crippen LogP contribution in [0.15, 0.2) is 29.3 Å². The summed E-state index contributed by atoms with van der Waals surface area (Å²) in [5.74, 6) is 1.63. The van der Waals surface area contributed by atoms with Crippen LogP contribution in [0.5, 0.6) is 5.75 Å². The summed E-state index contributed by atoms with van der Waals surface area (Å²) in [5, 5.41) is 6.37. The summed E-state index contributed by atoms with van der Waals surface area (Å²) in [5.41, 5.74) is 1.23. The Morgan fingerprint density at radius 2 is 1.95 bits per heavy atom. The zero-order valence-corrected chi connectivity index (χ0v) is 12.8. The largest absolute Gasteiger partial charge is 0.489 e. The first-order valence-electron chi connectivity index (χ1n) is 6.82. The van der Waals surface area contributed by atoms with E-state index in [2.05, 4.69) is 22.5 Å². The minimum Gasteiger partial charge on any atom is -0.489 e. The van der Waals surface area contributed by atoms with Gasteiger partial charge in [-0.2, -0.15) is 0 Å². The number of nitrogens with one attached hydrogen (secondary N) is 2. The quantitative estimate of drug-likeness (QED) is 0.452. The van der Waals surface area contributed by atoms with Crippen molar-refractivity contribution in [1.82, 2.24) is 10.6 Å². The molecule has 0 spiro atoms. The van der Waals surface area contributed by atoms with Crippen molar-refractivity contribution in [3.63, 3.8) is 0 Å². The van der Waals surface area contributed by atoms with Crippen molar-refractivity contribution < 1.29 is 9.47 Å². The van der Waals surface area contributed by atoms with Crippen molar-refractivity contribution in [3.05, 3.63) is 29.8 Å². The van der Waals surface area contributed by atoms with Gasteiger partial charge in [0.2, 0.25) is 0 Å². The molecule has 2 N–H and O–H groups in total. The lowest BCUT2D eigenvalue weighted by atomic mass is 10.2. The van der Waals surface area contributed by atoms with Crippen molar-refractivity contribution in [1.29, 1.82) is 0 Å². The average molecular weight is 279 g/mol. The van der Waals surface area contributed by atoms with E-state index in [1.807, 2.05) is 31.2 Å². The molecule has 1 aromatic rings. The van der Waals surface area contributed by atoms with Crippen molar-refractivity contribution in [3.8, 4) is 5.75 Å². The molecular weight excluding hydrogens is 254 g/mol. The Hall–Kier alpha value is -1.75. The minimum absolute atomic E-state index is 0.0543. The number of methoxy groups -OCH3 is 1. The van der Waals surface area contributed by atoms with E-state index in [0.29, 0.717) is 13.2 Å². The smallest absolute Gasteiger partial charge is 0.191 e. The van der Waals surface area contributed by atoms with Gasteiger partial charge in [-0.25, -0.2) is 0 Å². The molecule has 5 heteroatoms. The Morgan fingerprint density at radius 1 is 1.25 bits per heavy atom. The normalized spacial score (nSPS) is 12.9. The molecule has 1 rings (SSSR count). The van der Waals surface area contributed by atoms with Gasteiger partial charge in [0.15, 0.2) is 5.96 Å². The predicted octanol–water partition coefficient (Wildman–Crippen LogP) is 1.57. The third-order valence-corrected chi connectivity index (χ3v) is 2.74. The third kappa shape index (κ3) is 6.43. The molecule has 1 unspecified atom stereocenters. The molecule has 0 heterocycles. The van der Waals surface area contributed by atoms with E-state index < -0.39 is 0 Å². The standard InChI is InChI=1S/C15H25N3O2/c1-12-5-7-14(8-6-12)20-13(2)11-18-15(16-3)17-9-10-19-4/h5-8,13H,9-11H2,1-4H3,(H2,16,17,18). The second-order valence-electron chi connectivity index (χ2n) is 4.61. The monoisotopic (exact) mass is 279 g/mol. The minimum atomic E-state index is 0.0543. The molecule has 0 radical (unpaired) electrons. The number of aryl methyl sites for hydroxylation is 1. The van der Waals surface area contributed by atoms with Crippen LogP contribution < -0.4 is 15.4 Å². The number of aliphatic imine (C=N–C) groups is 1. The van der Waals surface area contributed by atoms with Crippen molar-refractivity contribution in [2.75, 3.05) is 33.9 Å². The number of ether oxygens (including phenoxy) is 2. The average Bonchev–Trinajstić information content (AvgIpc) is 2.45. The summed E-state index contributed by atoms with van der Waals surface area (Å²) >= 11 is 0. The maximum Gasteiger partial charge on any atom is 0.191 e. The molecule has 0 aliphatic heterocycles. The van der Waals surface area contributed by atoms with Gasteiger partial charge in [-0.05, 0) is 26.0 Å². The molecule has 112 valence electrons. The molecular formula is C15H25N3O2. The lowest BCUT2D eigenvalue weighted by Crippen LogP contribution is -2.42. The van der Waals surface area contributed by atoms with E-state index in [0.717, 1.165) is 18.3 Å². The van der Waals surface area contributed by atoms with Gasteiger partial charge in [0.1, 0.15) is 11.9 Å².